The number of ketones is 1. The Bertz CT molecular complexity index is 605. The Morgan fingerprint density at radius 1 is 1.53 bits per heavy atom. The van der Waals surface area contributed by atoms with Gasteiger partial charge in [-0.25, -0.2) is 4.98 Å². The Hall–Kier alpha value is -1.21. The van der Waals surface area contributed by atoms with Crippen LogP contribution in [0.3, 0.4) is 0 Å². The highest BCUT2D eigenvalue weighted by Gasteiger charge is 2.16. The molecule has 2 aromatic heterocycles. The van der Waals surface area contributed by atoms with Gasteiger partial charge in [0, 0.05) is 18.8 Å². The average Bonchev–Trinajstić information content (AvgIpc) is 2.87. The molecule has 102 valence electrons. The zero-order valence-electron chi connectivity index (χ0n) is 10.8. The molecule has 0 bridgehead atoms. The molecular formula is C12H15BrN4OS. The van der Waals surface area contributed by atoms with Crippen LogP contribution in [-0.4, -0.2) is 20.5 Å². The summed E-state index contributed by atoms with van der Waals surface area (Å²) in [6.07, 6.45) is 1.50. The Morgan fingerprint density at radius 2 is 2.26 bits per heavy atom. The number of nitrogens with zero attached hydrogens (tertiary/aromatic N) is 3. The second-order valence-corrected chi connectivity index (χ2v) is 5.94. The van der Waals surface area contributed by atoms with Crippen LogP contribution in [0, 0.1) is 0 Å². The van der Waals surface area contributed by atoms with Crippen LogP contribution in [0.2, 0.25) is 0 Å². The normalized spacial score (nSPS) is 10.9. The number of Topliss-reactive ketones (excluding diaryl/α,β-unsaturated/α-hetero) is 1. The second-order valence-electron chi connectivity index (χ2n) is 4.25. The van der Waals surface area contributed by atoms with Crippen LogP contribution < -0.4 is 5.73 Å². The zero-order valence-corrected chi connectivity index (χ0v) is 13.2. The van der Waals surface area contributed by atoms with Crippen molar-refractivity contribution >= 4 is 38.2 Å². The largest absolute Gasteiger partial charge is 0.375 e. The first-order valence-electron chi connectivity index (χ1n) is 5.93. The maximum atomic E-state index is 12.1. The monoisotopic (exact) mass is 342 g/mol. The summed E-state index contributed by atoms with van der Waals surface area (Å²) < 4.78 is 2.69. The number of aryl methyl sites for hydroxylation is 2. The van der Waals surface area contributed by atoms with E-state index < -0.39 is 0 Å². The molecule has 0 aliphatic carbocycles. The van der Waals surface area contributed by atoms with E-state index in [1.165, 1.54) is 11.3 Å². The fraction of sp³-hybridized carbons (Fsp3) is 0.417. The molecule has 7 heteroatoms. The van der Waals surface area contributed by atoms with Gasteiger partial charge < -0.3 is 5.73 Å². The summed E-state index contributed by atoms with van der Waals surface area (Å²) in [6, 6.07) is 0. The molecule has 2 N–H and O–H groups in total. The lowest BCUT2D eigenvalue weighted by atomic mass is 10.1. The number of hydrogen-bond donors (Lipinski definition) is 1. The van der Waals surface area contributed by atoms with Gasteiger partial charge in [-0.15, -0.1) is 11.3 Å². The third-order valence-electron chi connectivity index (χ3n) is 2.82. The van der Waals surface area contributed by atoms with Crippen LogP contribution in [0.4, 0.5) is 5.13 Å². The molecule has 2 aromatic rings. The molecule has 5 nitrogen and oxygen atoms in total. The number of anilines is 1. The SMILES string of the molecule is CCc1nn(C)c(CC(=O)Cc2csc(N)n2)c1Br. The van der Waals surface area contributed by atoms with E-state index in [0.29, 0.717) is 18.0 Å². The van der Waals surface area contributed by atoms with Gasteiger partial charge in [0.25, 0.3) is 0 Å². The van der Waals surface area contributed by atoms with E-state index in [4.69, 9.17) is 5.73 Å². The molecule has 2 rings (SSSR count). The molecule has 0 aliphatic heterocycles. The van der Waals surface area contributed by atoms with E-state index in [1.54, 1.807) is 4.68 Å². The number of nitrogen functional groups attached to an aromatic ring is 1. The molecule has 0 saturated carbocycles. The van der Waals surface area contributed by atoms with Gasteiger partial charge in [-0.3, -0.25) is 9.48 Å². The predicted octanol–water partition coefficient (Wildman–Crippen LogP) is 2.14. The molecule has 0 radical (unpaired) electrons. The van der Waals surface area contributed by atoms with Gasteiger partial charge in [0.1, 0.15) is 5.78 Å². The fourth-order valence-corrected chi connectivity index (χ4v) is 3.19. The number of rotatable bonds is 5. The Kier molecular flexibility index (Phi) is 4.36. The average molecular weight is 343 g/mol. The number of nitrogens with two attached hydrogens (primary N) is 1. The summed E-state index contributed by atoms with van der Waals surface area (Å²) in [7, 11) is 1.85. The lowest BCUT2D eigenvalue weighted by Crippen LogP contribution is -2.10. The molecule has 0 atom stereocenters. The number of aromatic nitrogens is 3. The molecule has 0 aromatic carbocycles. The first-order chi connectivity index (χ1) is 9.01. The molecule has 0 fully saturated rings. The van der Waals surface area contributed by atoms with Gasteiger partial charge in [-0.05, 0) is 22.4 Å². The summed E-state index contributed by atoms with van der Waals surface area (Å²) in [4.78, 5) is 16.2. The maximum absolute atomic E-state index is 12.1. The van der Waals surface area contributed by atoms with E-state index in [1.807, 2.05) is 19.4 Å². The second kappa shape index (κ2) is 5.83. The highest BCUT2D eigenvalue weighted by Crippen LogP contribution is 2.22. The van der Waals surface area contributed by atoms with E-state index in [2.05, 4.69) is 26.0 Å². The van der Waals surface area contributed by atoms with Gasteiger partial charge in [0.05, 0.1) is 28.0 Å². The molecule has 0 amide bonds. The van der Waals surface area contributed by atoms with Crippen LogP contribution in [-0.2, 0) is 31.1 Å². The van der Waals surface area contributed by atoms with Crippen molar-refractivity contribution in [3.8, 4) is 0 Å². The summed E-state index contributed by atoms with van der Waals surface area (Å²) >= 11 is 4.87. The van der Waals surface area contributed by atoms with Gasteiger partial charge >= 0.3 is 0 Å². The molecule has 0 aliphatic rings. The molecule has 19 heavy (non-hydrogen) atoms. The Morgan fingerprint density at radius 3 is 2.79 bits per heavy atom. The quantitative estimate of drug-likeness (QED) is 0.903. The Labute approximate surface area is 124 Å². The summed E-state index contributed by atoms with van der Waals surface area (Å²) in [5.41, 5.74) is 8.17. The minimum Gasteiger partial charge on any atom is -0.375 e. The van der Waals surface area contributed by atoms with Crippen molar-refractivity contribution in [2.75, 3.05) is 5.73 Å². The summed E-state index contributed by atoms with van der Waals surface area (Å²) in [5.74, 6) is 0.108. The van der Waals surface area contributed by atoms with Gasteiger partial charge in [0.2, 0.25) is 0 Å². The molecule has 0 spiro atoms. The van der Waals surface area contributed by atoms with Crippen LogP contribution in [0.1, 0.15) is 24.0 Å². The fourth-order valence-electron chi connectivity index (χ4n) is 1.87. The van der Waals surface area contributed by atoms with Crippen molar-refractivity contribution in [3.05, 3.63) is 26.9 Å². The minimum absolute atomic E-state index is 0.108. The van der Waals surface area contributed by atoms with Crippen molar-refractivity contribution in [3.63, 3.8) is 0 Å². The number of thiazole rings is 1. The minimum atomic E-state index is 0.108. The van der Waals surface area contributed by atoms with E-state index in [0.717, 1.165) is 28.0 Å². The lowest BCUT2D eigenvalue weighted by Gasteiger charge is -2.01. The number of halogens is 1. The number of carbonyl (C=O) groups excluding carboxylic acids is 1. The van der Waals surface area contributed by atoms with E-state index in [9.17, 15) is 4.79 Å². The molecular weight excluding hydrogens is 328 g/mol. The molecule has 0 unspecified atom stereocenters. The molecule has 2 heterocycles. The van der Waals surface area contributed by atoms with Crippen molar-refractivity contribution in [1.29, 1.82) is 0 Å². The topological polar surface area (TPSA) is 73.8 Å². The highest BCUT2D eigenvalue weighted by molar-refractivity contribution is 9.10. The van der Waals surface area contributed by atoms with Crippen molar-refractivity contribution in [2.24, 2.45) is 7.05 Å². The van der Waals surface area contributed by atoms with E-state index >= 15 is 0 Å². The third kappa shape index (κ3) is 3.22. The van der Waals surface area contributed by atoms with E-state index in [-0.39, 0.29) is 5.78 Å². The standard InChI is InChI=1S/C12H15BrN4OS/c1-3-9-11(13)10(17(2)16-9)5-8(18)4-7-6-19-12(14)15-7/h6H,3-5H2,1-2H3,(H2,14,15). The third-order valence-corrected chi connectivity index (χ3v) is 4.45. The number of hydrogen-bond acceptors (Lipinski definition) is 5. The predicted molar refractivity (Wildman–Crippen MR) is 79.2 cm³/mol. The van der Waals surface area contributed by atoms with Crippen LogP contribution in [0.25, 0.3) is 0 Å². The lowest BCUT2D eigenvalue weighted by molar-refractivity contribution is -0.117. The summed E-state index contributed by atoms with van der Waals surface area (Å²) in [5, 5.41) is 6.70. The van der Waals surface area contributed by atoms with Crippen LogP contribution in [0.15, 0.2) is 9.85 Å². The molecule has 0 saturated heterocycles. The van der Waals surface area contributed by atoms with Crippen LogP contribution >= 0.6 is 27.3 Å². The zero-order chi connectivity index (χ0) is 14.0. The van der Waals surface area contributed by atoms with Crippen molar-refractivity contribution in [2.45, 2.75) is 26.2 Å². The first kappa shape index (κ1) is 14.2. The number of carbonyl (C=O) groups is 1. The van der Waals surface area contributed by atoms with Crippen molar-refractivity contribution in [1.82, 2.24) is 14.8 Å². The van der Waals surface area contributed by atoms with Gasteiger partial charge in [0.15, 0.2) is 5.13 Å². The van der Waals surface area contributed by atoms with Crippen LogP contribution in [0.5, 0.6) is 0 Å². The maximum Gasteiger partial charge on any atom is 0.180 e. The van der Waals surface area contributed by atoms with Crippen molar-refractivity contribution < 1.29 is 4.79 Å². The van der Waals surface area contributed by atoms with Gasteiger partial charge in [-0.2, -0.15) is 5.10 Å². The summed E-state index contributed by atoms with van der Waals surface area (Å²) in [6.45, 7) is 2.04. The Balaban J connectivity index is 2.09. The van der Waals surface area contributed by atoms with Gasteiger partial charge in [-0.1, -0.05) is 6.92 Å². The first-order valence-corrected chi connectivity index (χ1v) is 7.60. The smallest absolute Gasteiger partial charge is 0.180 e. The highest BCUT2D eigenvalue weighted by atomic mass is 79.9.